The van der Waals surface area contributed by atoms with Crippen LogP contribution in [0.3, 0.4) is 0 Å². The third kappa shape index (κ3) is 2.91. The maximum Gasteiger partial charge on any atom is 0.0994 e. The summed E-state index contributed by atoms with van der Waals surface area (Å²) in [5, 5.41) is 8.89. The van der Waals surface area contributed by atoms with Crippen LogP contribution in [0.4, 0.5) is 0 Å². The van der Waals surface area contributed by atoms with Crippen molar-refractivity contribution < 1.29 is 0 Å². The zero-order chi connectivity index (χ0) is 9.52. The van der Waals surface area contributed by atoms with Gasteiger partial charge in [-0.1, -0.05) is 31.6 Å². The van der Waals surface area contributed by atoms with E-state index in [0.717, 1.165) is 18.4 Å². The second-order valence-electron chi connectivity index (χ2n) is 3.19. The lowest BCUT2D eigenvalue weighted by Gasteiger charge is -2.02. The van der Waals surface area contributed by atoms with E-state index in [2.05, 4.69) is 25.1 Å². The van der Waals surface area contributed by atoms with Gasteiger partial charge in [-0.05, 0) is 30.9 Å². The number of rotatable bonds is 3. The van der Waals surface area contributed by atoms with Crippen LogP contribution in [-0.2, 0) is 0 Å². The summed E-state index contributed by atoms with van der Waals surface area (Å²) in [7, 11) is 0. The molecule has 0 saturated heterocycles. The second kappa shape index (κ2) is 5.37. The van der Waals surface area contributed by atoms with E-state index in [0.29, 0.717) is 0 Å². The van der Waals surface area contributed by atoms with Crippen LogP contribution < -0.4 is 0 Å². The highest BCUT2D eigenvalue weighted by atomic mass is 14.3. The number of unbranched alkanes of at least 4 members (excludes halogenated alkanes) is 1. The lowest BCUT2D eigenvalue weighted by molar-refractivity contribution is 0.792. The van der Waals surface area contributed by atoms with Crippen LogP contribution in [0.1, 0.15) is 32.6 Å². The lowest BCUT2D eigenvalue weighted by Crippen LogP contribution is -1.87. The molecule has 1 nitrogen and oxygen atoms in total. The van der Waals surface area contributed by atoms with E-state index in [-0.39, 0.29) is 0 Å². The smallest absolute Gasteiger partial charge is 0.0994 e. The summed E-state index contributed by atoms with van der Waals surface area (Å²) in [6.45, 7) is 2.17. The summed E-state index contributed by atoms with van der Waals surface area (Å²) in [6.07, 6.45) is 12.5. The molecule has 0 bridgehead atoms. The van der Waals surface area contributed by atoms with Crippen LogP contribution >= 0.6 is 0 Å². The molecule has 0 saturated carbocycles. The highest BCUT2D eigenvalue weighted by Crippen LogP contribution is 2.19. The summed E-state index contributed by atoms with van der Waals surface area (Å²) in [4.78, 5) is 0. The van der Waals surface area contributed by atoms with Gasteiger partial charge in [-0.25, -0.2) is 0 Å². The molecule has 1 heteroatoms. The monoisotopic (exact) mass is 173 g/mol. The van der Waals surface area contributed by atoms with Crippen molar-refractivity contribution in [3.63, 3.8) is 0 Å². The minimum absolute atomic E-state index is 0.835. The zero-order valence-corrected chi connectivity index (χ0v) is 8.09. The first-order chi connectivity index (χ1) is 6.38. The number of nitriles is 1. The Hall–Kier alpha value is -1.29. The molecule has 0 spiro atoms. The lowest BCUT2D eigenvalue weighted by atomic mass is 10.0. The molecule has 0 atom stereocenters. The molecule has 13 heavy (non-hydrogen) atoms. The maximum absolute atomic E-state index is 8.89. The van der Waals surface area contributed by atoms with Gasteiger partial charge in [-0.2, -0.15) is 5.26 Å². The third-order valence-electron chi connectivity index (χ3n) is 2.17. The SMILES string of the molecule is CCCCC1=CCC=CC=C1C#N. The van der Waals surface area contributed by atoms with Crippen molar-refractivity contribution in [3.8, 4) is 6.07 Å². The van der Waals surface area contributed by atoms with Crippen LogP contribution in [0, 0.1) is 11.3 Å². The molecule has 0 aromatic heterocycles. The molecule has 0 fully saturated rings. The third-order valence-corrected chi connectivity index (χ3v) is 2.17. The Morgan fingerprint density at radius 2 is 2.38 bits per heavy atom. The van der Waals surface area contributed by atoms with Crippen molar-refractivity contribution >= 4 is 0 Å². The summed E-state index contributed by atoms with van der Waals surface area (Å²) in [5.41, 5.74) is 2.05. The first-order valence-electron chi connectivity index (χ1n) is 4.84. The molecule has 1 aliphatic rings. The van der Waals surface area contributed by atoms with Crippen LogP contribution in [0.5, 0.6) is 0 Å². The molecule has 0 aliphatic heterocycles. The molecular formula is C12H15N. The van der Waals surface area contributed by atoms with Gasteiger partial charge < -0.3 is 0 Å². The predicted octanol–water partition coefficient (Wildman–Crippen LogP) is 3.51. The van der Waals surface area contributed by atoms with Crippen molar-refractivity contribution in [2.75, 3.05) is 0 Å². The Kier molecular flexibility index (Phi) is 4.05. The van der Waals surface area contributed by atoms with Crippen LogP contribution in [-0.4, -0.2) is 0 Å². The average molecular weight is 173 g/mol. The highest BCUT2D eigenvalue weighted by Gasteiger charge is 2.03. The molecule has 1 aliphatic carbocycles. The van der Waals surface area contributed by atoms with Gasteiger partial charge in [0.1, 0.15) is 0 Å². The van der Waals surface area contributed by atoms with Crippen LogP contribution in [0.15, 0.2) is 35.5 Å². The second-order valence-corrected chi connectivity index (χ2v) is 3.19. The molecule has 0 aromatic carbocycles. The Bertz CT molecular complexity index is 287. The van der Waals surface area contributed by atoms with E-state index in [4.69, 9.17) is 5.26 Å². The van der Waals surface area contributed by atoms with Gasteiger partial charge in [0.2, 0.25) is 0 Å². The average Bonchev–Trinajstić information content (AvgIpc) is 2.39. The van der Waals surface area contributed by atoms with E-state index in [1.807, 2.05) is 12.2 Å². The molecular weight excluding hydrogens is 158 g/mol. The van der Waals surface area contributed by atoms with Crippen molar-refractivity contribution in [2.24, 2.45) is 0 Å². The Balaban J connectivity index is 2.70. The summed E-state index contributed by atoms with van der Waals surface area (Å²) in [6, 6.07) is 2.24. The van der Waals surface area contributed by atoms with Gasteiger partial charge >= 0.3 is 0 Å². The highest BCUT2D eigenvalue weighted by molar-refractivity contribution is 5.45. The largest absolute Gasteiger partial charge is 0.192 e. The zero-order valence-electron chi connectivity index (χ0n) is 8.09. The molecule has 0 aromatic rings. The van der Waals surface area contributed by atoms with E-state index in [1.165, 1.54) is 18.4 Å². The summed E-state index contributed by atoms with van der Waals surface area (Å²) >= 11 is 0. The van der Waals surface area contributed by atoms with Gasteiger partial charge in [0.05, 0.1) is 11.6 Å². The first-order valence-corrected chi connectivity index (χ1v) is 4.84. The number of nitrogens with zero attached hydrogens (tertiary/aromatic N) is 1. The van der Waals surface area contributed by atoms with Crippen LogP contribution in [0.2, 0.25) is 0 Å². The van der Waals surface area contributed by atoms with Crippen molar-refractivity contribution in [2.45, 2.75) is 32.6 Å². The van der Waals surface area contributed by atoms with E-state index in [1.54, 1.807) is 0 Å². The Morgan fingerprint density at radius 1 is 1.54 bits per heavy atom. The number of allylic oxidation sites excluding steroid dienone is 6. The fourth-order valence-electron chi connectivity index (χ4n) is 1.38. The molecule has 0 unspecified atom stereocenters. The summed E-state index contributed by atoms with van der Waals surface area (Å²) < 4.78 is 0. The van der Waals surface area contributed by atoms with E-state index < -0.39 is 0 Å². The van der Waals surface area contributed by atoms with Crippen molar-refractivity contribution in [1.29, 1.82) is 5.26 Å². The minimum atomic E-state index is 0.835. The fourth-order valence-corrected chi connectivity index (χ4v) is 1.38. The quantitative estimate of drug-likeness (QED) is 0.640. The Morgan fingerprint density at radius 3 is 3.08 bits per heavy atom. The summed E-state index contributed by atoms with van der Waals surface area (Å²) in [5.74, 6) is 0. The standard InChI is InChI=1S/C12H15N/c1-2-3-7-11-8-5-4-6-9-12(11)10-13/h4,6,8-9H,2-3,5,7H2,1H3. The van der Waals surface area contributed by atoms with E-state index >= 15 is 0 Å². The maximum atomic E-state index is 8.89. The molecule has 0 N–H and O–H groups in total. The number of hydrogen-bond acceptors (Lipinski definition) is 1. The minimum Gasteiger partial charge on any atom is -0.192 e. The van der Waals surface area contributed by atoms with Gasteiger partial charge in [0.15, 0.2) is 0 Å². The van der Waals surface area contributed by atoms with Crippen molar-refractivity contribution in [1.82, 2.24) is 0 Å². The van der Waals surface area contributed by atoms with Crippen molar-refractivity contribution in [3.05, 3.63) is 35.5 Å². The van der Waals surface area contributed by atoms with E-state index in [9.17, 15) is 0 Å². The Labute approximate surface area is 80.1 Å². The first kappa shape index (κ1) is 9.80. The van der Waals surface area contributed by atoms with Gasteiger partial charge in [0.25, 0.3) is 0 Å². The molecule has 0 radical (unpaired) electrons. The molecule has 0 heterocycles. The predicted molar refractivity (Wildman–Crippen MR) is 55.1 cm³/mol. The van der Waals surface area contributed by atoms with Gasteiger partial charge in [0, 0.05) is 0 Å². The number of hydrogen-bond donors (Lipinski definition) is 0. The van der Waals surface area contributed by atoms with Crippen LogP contribution in [0.25, 0.3) is 0 Å². The fraction of sp³-hybridized carbons (Fsp3) is 0.417. The molecule has 1 rings (SSSR count). The van der Waals surface area contributed by atoms with Gasteiger partial charge in [-0.3, -0.25) is 0 Å². The topological polar surface area (TPSA) is 23.8 Å². The normalized spacial score (nSPS) is 15.7. The molecule has 0 amide bonds. The van der Waals surface area contributed by atoms with Gasteiger partial charge in [-0.15, -0.1) is 0 Å². The molecule has 68 valence electrons.